The van der Waals surface area contributed by atoms with Crippen LogP contribution in [0.4, 0.5) is 0 Å². The maximum absolute atomic E-state index is 11.5. The summed E-state index contributed by atoms with van der Waals surface area (Å²) in [6.45, 7) is 3.03. The average Bonchev–Trinajstić information content (AvgIpc) is 2.75. The zero-order valence-corrected chi connectivity index (χ0v) is 12.1. The third-order valence-electron chi connectivity index (χ3n) is 4.97. The van der Waals surface area contributed by atoms with Crippen LogP contribution in [-0.2, 0) is 11.1 Å². The summed E-state index contributed by atoms with van der Waals surface area (Å²) >= 11 is 0. The Labute approximate surface area is 120 Å². The zero-order valence-electron chi connectivity index (χ0n) is 12.1. The molecule has 0 unspecified atom stereocenters. The van der Waals surface area contributed by atoms with Crippen LogP contribution in [0.15, 0.2) is 60.7 Å². The Kier molecular flexibility index (Phi) is 3.15. The Bertz CT molecular complexity index is 583. The topological polar surface area (TPSA) is 23.5 Å². The minimum atomic E-state index is -0.857. The monoisotopic (exact) mass is 267 g/mol. The second-order valence-electron chi connectivity index (χ2n) is 5.84. The lowest BCUT2D eigenvalue weighted by Gasteiger charge is -2.44. The van der Waals surface area contributed by atoms with Gasteiger partial charge in [-0.15, -0.1) is 0 Å². The number of nitrogens with zero attached hydrogens (tertiary/aromatic N) is 1. The summed E-state index contributed by atoms with van der Waals surface area (Å²) in [6, 6.07) is 20.4. The number of likely N-dealkylation sites (tertiary alicyclic amines) is 1. The van der Waals surface area contributed by atoms with Gasteiger partial charge in [-0.05, 0) is 31.5 Å². The quantitative estimate of drug-likeness (QED) is 0.903. The number of hydrogen-bond donors (Lipinski definition) is 1. The summed E-state index contributed by atoms with van der Waals surface area (Å²) < 4.78 is 0. The Morgan fingerprint density at radius 2 is 1.40 bits per heavy atom. The van der Waals surface area contributed by atoms with Gasteiger partial charge in [-0.25, -0.2) is 0 Å². The van der Waals surface area contributed by atoms with Crippen molar-refractivity contribution in [1.82, 2.24) is 4.90 Å². The van der Waals surface area contributed by atoms with Crippen LogP contribution in [0.2, 0.25) is 0 Å². The summed E-state index contributed by atoms with van der Waals surface area (Å²) in [5.41, 5.74) is 0.891. The van der Waals surface area contributed by atoms with Crippen molar-refractivity contribution in [2.75, 3.05) is 13.6 Å². The molecule has 1 saturated heterocycles. The van der Waals surface area contributed by atoms with Crippen LogP contribution in [0.5, 0.6) is 0 Å². The average molecular weight is 267 g/mol. The van der Waals surface area contributed by atoms with Crippen molar-refractivity contribution >= 4 is 0 Å². The van der Waals surface area contributed by atoms with Crippen molar-refractivity contribution in [2.24, 2.45) is 0 Å². The van der Waals surface area contributed by atoms with Gasteiger partial charge in [-0.1, -0.05) is 60.7 Å². The van der Waals surface area contributed by atoms with Gasteiger partial charge in [0.1, 0.15) is 5.60 Å². The number of aliphatic hydroxyl groups is 1. The van der Waals surface area contributed by atoms with Crippen molar-refractivity contribution < 1.29 is 5.11 Å². The highest BCUT2D eigenvalue weighted by Gasteiger charge is 2.55. The van der Waals surface area contributed by atoms with E-state index in [9.17, 15) is 5.11 Å². The third kappa shape index (κ3) is 1.72. The highest BCUT2D eigenvalue weighted by molar-refractivity contribution is 5.37. The molecule has 2 aromatic carbocycles. The molecule has 1 heterocycles. The molecule has 1 N–H and O–H groups in total. The van der Waals surface area contributed by atoms with E-state index in [0.29, 0.717) is 0 Å². The van der Waals surface area contributed by atoms with Gasteiger partial charge in [-0.2, -0.15) is 0 Å². The van der Waals surface area contributed by atoms with E-state index < -0.39 is 11.1 Å². The van der Waals surface area contributed by atoms with Crippen LogP contribution in [0, 0.1) is 0 Å². The molecule has 1 aliphatic heterocycles. The second kappa shape index (κ2) is 4.72. The largest absolute Gasteiger partial charge is 0.383 e. The maximum atomic E-state index is 11.5. The molecular weight excluding hydrogens is 246 g/mol. The van der Waals surface area contributed by atoms with Crippen LogP contribution < -0.4 is 0 Å². The van der Waals surface area contributed by atoms with Crippen LogP contribution in [0.25, 0.3) is 0 Å². The second-order valence-corrected chi connectivity index (χ2v) is 5.84. The summed E-state index contributed by atoms with van der Waals surface area (Å²) in [4.78, 5) is 2.26. The first-order chi connectivity index (χ1) is 9.59. The minimum Gasteiger partial charge on any atom is -0.383 e. The molecule has 2 heteroatoms. The van der Waals surface area contributed by atoms with E-state index in [0.717, 1.165) is 24.1 Å². The first-order valence-electron chi connectivity index (χ1n) is 7.14. The van der Waals surface area contributed by atoms with Crippen molar-refractivity contribution in [3.8, 4) is 0 Å². The molecule has 0 bridgehead atoms. The number of benzene rings is 2. The van der Waals surface area contributed by atoms with E-state index in [1.165, 1.54) is 0 Å². The third-order valence-corrected chi connectivity index (χ3v) is 4.97. The van der Waals surface area contributed by atoms with Crippen LogP contribution in [0.1, 0.15) is 24.5 Å². The molecule has 0 aliphatic carbocycles. The van der Waals surface area contributed by atoms with Crippen molar-refractivity contribution in [1.29, 1.82) is 0 Å². The number of hydrogen-bond acceptors (Lipinski definition) is 2. The molecule has 3 rings (SSSR count). The van der Waals surface area contributed by atoms with E-state index in [1.807, 2.05) is 48.5 Å². The molecule has 0 amide bonds. The lowest BCUT2D eigenvalue weighted by molar-refractivity contribution is -0.0570. The van der Waals surface area contributed by atoms with E-state index >= 15 is 0 Å². The first-order valence-corrected chi connectivity index (χ1v) is 7.14. The maximum Gasteiger partial charge on any atom is 0.113 e. The summed E-state index contributed by atoms with van der Waals surface area (Å²) in [6.07, 6.45) is 0.749. The Morgan fingerprint density at radius 3 is 1.95 bits per heavy atom. The summed E-state index contributed by atoms with van der Waals surface area (Å²) in [5.74, 6) is 0. The summed E-state index contributed by atoms with van der Waals surface area (Å²) in [5, 5.41) is 11.5. The zero-order chi connectivity index (χ0) is 14.2. The Morgan fingerprint density at radius 1 is 0.900 bits per heavy atom. The van der Waals surface area contributed by atoms with Gasteiger partial charge in [0.2, 0.25) is 0 Å². The van der Waals surface area contributed by atoms with Gasteiger partial charge in [0, 0.05) is 6.54 Å². The highest BCUT2D eigenvalue weighted by atomic mass is 16.3. The lowest BCUT2D eigenvalue weighted by Crippen LogP contribution is -2.50. The van der Waals surface area contributed by atoms with E-state index in [2.05, 4.69) is 31.0 Å². The van der Waals surface area contributed by atoms with Crippen LogP contribution >= 0.6 is 0 Å². The highest BCUT2D eigenvalue weighted by Crippen LogP contribution is 2.50. The Balaban J connectivity index is 2.16. The first kappa shape index (κ1) is 13.3. The Hall–Kier alpha value is -1.64. The number of rotatable bonds is 2. The summed E-state index contributed by atoms with van der Waals surface area (Å²) in [7, 11) is 2.09. The van der Waals surface area contributed by atoms with Gasteiger partial charge in [0.15, 0.2) is 0 Å². The molecule has 0 saturated carbocycles. The normalized spacial score (nSPS) is 30.6. The SMILES string of the molecule is CN1CC[C@](O)(c2ccccc2)[C@]1(C)c1ccccc1. The fraction of sp³-hybridized carbons (Fsp3) is 0.333. The molecule has 2 aromatic rings. The molecule has 0 aromatic heterocycles. The van der Waals surface area contributed by atoms with Crippen LogP contribution in [0.3, 0.4) is 0 Å². The van der Waals surface area contributed by atoms with E-state index in [-0.39, 0.29) is 0 Å². The molecular formula is C18H21NO. The van der Waals surface area contributed by atoms with E-state index in [1.54, 1.807) is 0 Å². The molecule has 20 heavy (non-hydrogen) atoms. The van der Waals surface area contributed by atoms with Crippen molar-refractivity contribution in [2.45, 2.75) is 24.5 Å². The smallest absolute Gasteiger partial charge is 0.113 e. The van der Waals surface area contributed by atoms with Gasteiger partial charge >= 0.3 is 0 Å². The van der Waals surface area contributed by atoms with Crippen molar-refractivity contribution in [3.05, 3.63) is 71.8 Å². The molecule has 0 spiro atoms. The number of likely N-dealkylation sites (N-methyl/N-ethyl adjacent to an activating group) is 1. The fourth-order valence-electron chi connectivity index (χ4n) is 3.47. The predicted octanol–water partition coefficient (Wildman–Crippen LogP) is 3.13. The molecule has 1 aliphatic rings. The standard InChI is InChI=1S/C18H21NO/c1-17(15-9-5-3-6-10-15)18(20,13-14-19(17)2)16-11-7-4-8-12-16/h3-12,20H,13-14H2,1-2H3/t17-,18-/m0/s1. The lowest BCUT2D eigenvalue weighted by atomic mass is 9.72. The van der Waals surface area contributed by atoms with Crippen molar-refractivity contribution in [3.63, 3.8) is 0 Å². The van der Waals surface area contributed by atoms with Gasteiger partial charge in [0.25, 0.3) is 0 Å². The minimum absolute atomic E-state index is 0.407. The molecule has 1 fully saturated rings. The van der Waals surface area contributed by atoms with Gasteiger partial charge < -0.3 is 5.11 Å². The van der Waals surface area contributed by atoms with E-state index in [4.69, 9.17) is 0 Å². The van der Waals surface area contributed by atoms with Crippen LogP contribution in [-0.4, -0.2) is 23.6 Å². The van der Waals surface area contributed by atoms with Gasteiger partial charge in [-0.3, -0.25) is 4.90 Å². The fourth-order valence-corrected chi connectivity index (χ4v) is 3.47. The molecule has 104 valence electrons. The predicted molar refractivity (Wildman–Crippen MR) is 81.4 cm³/mol. The molecule has 2 nitrogen and oxygen atoms in total. The molecule has 2 atom stereocenters. The molecule has 0 radical (unpaired) electrons. The van der Waals surface area contributed by atoms with Gasteiger partial charge in [0.05, 0.1) is 5.54 Å².